The number of aryl methyl sites for hydroxylation is 1. The number of nitro groups is 2. The van der Waals surface area contributed by atoms with Gasteiger partial charge in [0.15, 0.2) is 0 Å². The minimum atomic E-state index is -5.04. The number of halogens is 3. The highest BCUT2D eigenvalue weighted by Crippen LogP contribution is 2.39. The van der Waals surface area contributed by atoms with Crippen LogP contribution in [-0.2, 0) is 6.18 Å². The van der Waals surface area contributed by atoms with Crippen LogP contribution < -0.4 is 5.69 Å². The van der Waals surface area contributed by atoms with E-state index in [1.165, 1.54) is 6.92 Å². The molecule has 23 heavy (non-hydrogen) atoms. The molecule has 13 heteroatoms. The van der Waals surface area contributed by atoms with Gasteiger partial charge in [-0.3, -0.25) is 25.2 Å². The zero-order chi connectivity index (χ0) is 17.5. The third-order valence-corrected chi connectivity index (χ3v) is 2.73. The number of hydrogen-bond donors (Lipinski definition) is 1. The molecule has 0 aliphatic rings. The second kappa shape index (κ2) is 5.19. The third-order valence-electron chi connectivity index (χ3n) is 2.73. The van der Waals surface area contributed by atoms with Gasteiger partial charge in [-0.05, 0) is 6.92 Å². The van der Waals surface area contributed by atoms with Gasteiger partial charge in [-0.2, -0.15) is 17.9 Å². The standard InChI is InChI=1S/C10H6F3N5O5/c1-4-14-9(19)16(15-4)8-6(17(20)21)2-5(10(11,12)13)3-7(8)18(22)23/h2-3H,1H3,(H,14,15,19). The molecule has 10 nitrogen and oxygen atoms in total. The van der Waals surface area contributed by atoms with Crippen molar-refractivity contribution in [2.45, 2.75) is 13.1 Å². The highest BCUT2D eigenvalue weighted by molar-refractivity contribution is 5.66. The third kappa shape index (κ3) is 2.88. The second-order valence-electron chi connectivity index (χ2n) is 4.30. The molecule has 0 radical (unpaired) electrons. The van der Waals surface area contributed by atoms with Gasteiger partial charge in [0.05, 0.1) is 15.4 Å². The Morgan fingerprint density at radius 3 is 1.96 bits per heavy atom. The number of H-pyrrole nitrogens is 1. The van der Waals surface area contributed by atoms with Crippen LogP contribution in [0.5, 0.6) is 0 Å². The highest BCUT2D eigenvalue weighted by Gasteiger charge is 2.39. The van der Waals surface area contributed by atoms with Crippen molar-refractivity contribution in [2.24, 2.45) is 0 Å². The Morgan fingerprint density at radius 2 is 1.65 bits per heavy atom. The molecule has 0 atom stereocenters. The van der Waals surface area contributed by atoms with Crippen molar-refractivity contribution >= 4 is 11.4 Å². The van der Waals surface area contributed by atoms with Gasteiger partial charge in [0.1, 0.15) is 5.82 Å². The number of nitrogens with one attached hydrogen (secondary N) is 1. The van der Waals surface area contributed by atoms with Crippen molar-refractivity contribution in [3.8, 4) is 5.69 Å². The number of nitrogens with zero attached hydrogens (tertiary/aromatic N) is 4. The van der Waals surface area contributed by atoms with Crippen molar-refractivity contribution in [3.63, 3.8) is 0 Å². The summed E-state index contributed by atoms with van der Waals surface area (Å²) >= 11 is 0. The van der Waals surface area contributed by atoms with Gasteiger partial charge < -0.3 is 0 Å². The number of rotatable bonds is 3. The molecule has 0 saturated heterocycles. The Balaban J connectivity index is 2.94. The minimum Gasteiger partial charge on any atom is -0.293 e. The van der Waals surface area contributed by atoms with Gasteiger partial charge >= 0.3 is 23.2 Å². The Kier molecular flexibility index (Phi) is 3.64. The summed E-state index contributed by atoms with van der Waals surface area (Å²) in [5, 5.41) is 25.6. The van der Waals surface area contributed by atoms with Gasteiger partial charge in [-0.25, -0.2) is 4.79 Å². The Hall–Kier alpha value is -3.25. The number of alkyl halides is 3. The van der Waals surface area contributed by atoms with E-state index in [-0.39, 0.29) is 22.6 Å². The molecule has 1 N–H and O–H groups in total. The lowest BCUT2D eigenvalue weighted by atomic mass is 10.1. The van der Waals surface area contributed by atoms with Crippen LogP contribution in [-0.4, -0.2) is 24.6 Å². The molecule has 1 aromatic carbocycles. The van der Waals surface area contributed by atoms with Crippen molar-refractivity contribution in [3.05, 3.63) is 54.2 Å². The molecule has 0 aliphatic carbocycles. The van der Waals surface area contributed by atoms with Crippen LogP contribution in [0.15, 0.2) is 16.9 Å². The topological polar surface area (TPSA) is 137 Å². The summed E-state index contributed by atoms with van der Waals surface area (Å²) in [4.78, 5) is 33.3. The molecule has 0 saturated carbocycles. The second-order valence-corrected chi connectivity index (χ2v) is 4.30. The molecule has 0 spiro atoms. The molecule has 0 unspecified atom stereocenters. The molecule has 122 valence electrons. The quantitative estimate of drug-likeness (QED) is 0.670. The molecule has 0 aliphatic heterocycles. The normalized spacial score (nSPS) is 11.5. The lowest BCUT2D eigenvalue weighted by molar-refractivity contribution is -0.394. The monoisotopic (exact) mass is 333 g/mol. The van der Waals surface area contributed by atoms with E-state index >= 15 is 0 Å². The van der Waals surface area contributed by atoms with Gasteiger partial charge in [0, 0.05) is 12.1 Å². The first-order valence-electron chi connectivity index (χ1n) is 5.72. The lowest BCUT2D eigenvalue weighted by Gasteiger charge is -2.09. The largest absolute Gasteiger partial charge is 0.416 e. The summed E-state index contributed by atoms with van der Waals surface area (Å²) < 4.78 is 38.6. The van der Waals surface area contributed by atoms with E-state index in [0.717, 1.165) is 0 Å². The summed E-state index contributed by atoms with van der Waals surface area (Å²) in [6.07, 6.45) is -5.04. The van der Waals surface area contributed by atoms with E-state index in [2.05, 4.69) is 10.1 Å². The van der Waals surface area contributed by atoms with E-state index in [0.29, 0.717) is 0 Å². The van der Waals surface area contributed by atoms with Gasteiger partial charge in [-0.15, -0.1) is 5.10 Å². The molecule has 0 fully saturated rings. The maximum absolute atomic E-state index is 12.8. The molecule has 1 heterocycles. The van der Waals surface area contributed by atoms with Crippen molar-refractivity contribution in [1.82, 2.24) is 14.8 Å². The average Bonchev–Trinajstić information content (AvgIpc) is 2.74. The van der Waals surface area contributed by atoms with Crippen molar-refractivity contribution < 1.29 is 23.0 Å². The van der Waals surface area contributed by atoms with Crippen LogP contribution in [0.2, 0.25) is 0 Å². The van der Waals surface area contributed by atoms with Crippen LogP contribution in [0.3, 0.4) is 0 Å². The van der Waals surface area contributed by atoms with E-state index in [9.17, 15) is 38.2 Å². The first-order chi connectivity index (χ1) is 10.5. The van der Waals surface area contributed by atoms with Crippen molar-refractivity contribution in [1.29, 1.82) is 0 Å². The summed E-state index contributed by atoms with van der Waals surface area (Å²) in [6.45, 7) is 1.29. The number of aromatic amines is 1. The first-order valence-corrected chi connectivity index (χ1v) is 5.72. The molecule has 2 rings (SSSR count). The number of aromatic nitrogens is 3. The fraction of sp³-hybridized carbons (Fsp3) is 0.200. The van der Waals surface area contributed by atoms with E-state index in [4.69, 9.17) is 0 Å². The maximum atomic E-state index is 12.8. The molecule has 1 aromatic heterocycles. The van der Waals surface area contributed by atoms with E-state index < -0.39 is 44.3 Å². The minimum absolute atomic E-state index is 0.0292. The van der Waals surface area contributed by atoms with Crippen LogP contribution in [0.25, 0.3) is 5.69 Å². The summed E-state index contributed by atoms with van der Waals surface area (Å²) in [6, 6.07) is 0.220. The molecule has 2 aromatic rings. The smallest absolute Gasteiger partial charge is 0.293 e. The Morgan fingerprint density at radius 1 is 1.17 bits per heavy atom. The summed E-state index contributed by atoms with van der Waals surface area (Å²) in [5.74, 6) is -0.0292. The zero-order valence-corrected chi connectivity index (χ0v) is 11.1. The first kappa shape index (κ1) is 16.1. The molecule has 0 bridgehead atoms. The van der Waals surface area contributed by atoms with Gasteiger partial charge in [0.25, 0.3) is 0 Å². The molecular weight excluding hydrogens is 327 g/mol. The van der Waals surface area contributed by atoms with Crippen LogP contribution in [0.4, 0.5) is 24.5 Å². The van der Waals surface area contributed by atoms with E-state index in [1.54, 1.807) is 0 Å². The number of hydrogen-bond acceptors (Lipinski definition) is 6. The number of nitro benzene ring substituents is 2. The molecule has 0 amide bonds. The Bertz CT molecular complexity index is 833. The average molecular weight is 333 g/mol. The Labute approximate surface area is 123 Å². The van der Waals surface area contributed by atoms with Crippen LogP contribution in [0, 0.1) is 27.2 Å². The summed E-state index contributed by atoms with van der Waals surface area (Å²) in [5.41, 5.74) is -6.13. The van der Waals surface area contributed by atoms with Crippen molar-refractivity contribution in [2.75, 3.05) is 0 Å². The lowest BCUT2D eigenvalue weighted by Crippen LogP contribution is -2.19. The summed E-state index contributed by atoms with van der Waals surface area (Å²) in [7, 11) is 0. The predicted octanol–water partition coefficient (Wildman–Crippen LogP) is 1.70. The van der Waals surface area contributed by atoms with E-state index in [1.807, 2.05) is 0 Å². The molecular formula is C10H6F3N5O5. The highest BCUT2D eigenvalue weighted by atomic mass is 19.4. The van der Waals surface area contributed by atoms with Crippen LogP contribution in [0.1, 0.15) is 11.4 Å². The predicted molar refractivity (Wildman–Crippen MR) is 67.2 cm³/mol. The van der Waals surface area contributed by atoms with Gasteiger partial charge in [-0.1, -0.05) is 0 Å². The number of benzene rings is 1. The van der Waals surface area contributed by atoms with Crippen LogP contribution >= 0.6 is 0 Å². The fourth-order valence-corrected chi connectivity index (χ4v) is 1.84. The SMILES string of the molecule is Cc1nn(-c2c([N+](=O)[O-])cc(C(F)(F)F)cc2[N+](=O)[O-])c(=O)[nH]1. The maximum Gasteiger partial charge on any atom is 0.416 e. The van der Waals surface area contributed by atoms with Gasteiger partial charge in [0.2, 0.25) is 5.69 Å². The zero-order valence-electron chi connectivity index (χ0n) is 11.1. The fourth-order valence-electron chi connectivity index (χ4n) is 1.84.